The molecule has 5 rings (SSSR count). The van der Waals surface area contributed by atoms with Gasteiger partial charge < -0.3 is 15.2 Å². The molecule has 3 nitrogen and oxygen atoms in total. The molecule has 5 aliphatic rings. The van der Waals surface area contributed by atoms with E-state index in [1.807, 2.05) is 0 Å². The predicted molar refractivity (Wildman–Crippen MR) is 92.3 cm³/mol. The highest BCUT2D eigenvalue weighted by molar-refractivity contribution is 5.01. The summed E-state index contributed by atoms with van der Waals surface area (Å²) in [6.07, 6.45) is 15.0. The molecule has 0 aromatic heterocycles. The van der Waals surface area contributed by atoms with Gasteiger partial charge in [0, 0.05) is 12.6 Å². The van der Waals surface area contributed by atoms with Crippen molar-refractivity contribution < 1.29 is 9.84 Å². The molecular weight excluding hydrogens is 286 g/mol. The third-order valence-corrected chi connectivity index (χ3v) is 7.13. The lowest BCUT2D eigenvalue weighted by Crippen LogP contribution is -2.48. The largest absolute Gasteiger partial charge is 0.389 e. The zero-order valence-corrected chi connectivity index (χ0v) is 14.6. The maximum atomic E-state index is 10.2. The Morgan fingerprint density at radius 2 is 1.57 bits per heavy atom. The van der Waals surface area contributed by atoms with Gasteiger partial charge in [0.25, 0.3) is 0 Å². The van der Waals surface area contributed by atoms with Gasteiger partial charge in [0.1, 0.15) is 0 Å². The maximum Gasteiger partial charge on any atom is 0.0897 e. The van der Waals surface area contributed by atoms with E-state index in [-0.39, 0.29) is 6.10 Å². The van der Waals surface area contributed by atoms with Crippen LogP contribution in [0.25, 0.3) is 0 Å². The Morgan fingerprint density at radius 3 is 2.17 bits per heavy atom. The van der Waals surface area contributed by atoms with Crippen molar-refractivity contribution >= 4 is 0 Å². The number of hydrogen-bond acceptors (Lipinski definition) is 3. The molecular formula is C20H35NO2. The second-order valence-corrected chi connectivity index (χ2v) is 9.33. The third-order valence-electron chi connectivity index (χ3n) is 7.13. The summed E-state index contributed by atoms with van der Waals surface area (Å²) in [6, 6.07) is 0.626. The lowest BCUT2D eigenvalue weighted by molar-refractivity contribution is -0.105. The molecule has 0 amide bonds. The summed E-state index contributed by atoms with van der Waals surface area (Å²) in [5.74, 6) is 2.97. The molecule has 3 heteroatoms. The Kier molecular flexibility index (Phi) is 4.99. The molecule has 5 aliphatic carbocycles. The van der Waals surface area contributed by atoms with E-state index in [2.05, 4.69) is 5.32 Å². The van der Waals surface area contributed by atoms with E-state index in [1.54, 1.807) is 0 Å². The van der Waals surface area contributed by atoms with Gasteiger partial charge in [0.15, 0.2) is 0 Å². The van der Waals surface area contributed by atoms with Crippen LogP contribution in [0.3, 0.4) is 0 Å². The standard InChI is InChI=1S/C20H35NO2/c22-19(12-21-18-4-2-1-3-5-18)13-23-14-20-9-15-6-16(10-20)8-17(7-15)11-20/h15-19,21-22H,1-14H2/t15?,16?,17?,19-,20?/m0/s1. The molecule has 23 heavy (non-hydrogen) atoms. The van der Waals surface area contributed by atoms with E-state index >= 15 is 0 Å². The van der Waals surface area contributed by atoms with Crippen LogP contribution >= 0.6 is 0 Å². The highest BCUT2D eigenvalue weighted by Gasteiger charge is 2.50. The first-order valence-corrected chi connectivity index (χ1v) is 10.2. The lowest BCUT2D eigenvalue weighted by Gasteiger charge is -2.56. The monoisotopic (exact) mass is 321 g/mol. The first-order valence-electron chi connectivity index (χ1n) is 10.2. The first-order chi connectivity index (χ1) is 11.2. The SMILES string of the molecule is O[C@@H](CNC1CCCCC1)COCC12CC3CC(CC(C3)C1)C2. The minimum absolute atomic E-state index is 0.342. The smallest absolute Gasteiger partial charge is 0.0897 e. The fourth-order valence-electron chi connectivity index (χ4n) is 6.55. The normalized spacial score (nSPS) is 41.3. The van der Waals surface area contributed by atoms with E-state index in [0.29, 0.717) is 24.6 Å². The van der Waals surface area contributed by atoms with Gasteiger partial charge in [0.2, 0.25) is 0 Å². The average Bonchev–Trinajstić information content (AvgIpc) is 2.52. The van der Waals surface area contributed by atoms with E-state index in [9.17, 15) is 5.11 Å². The number of rotatable bonds is 7. The van der Waals surface area contributed by atoms with Crippen molar-refractivity contribution in [2.24, 2.45) is 23.2 Å². The van der Waals surface area contributed by atoms with Crippen molar-refractivity contribution in [2.45, 2.75) is 82.8 Å². The van der Waals surface area contributed by atoms with Crippen molar-refractivity contribution in [3.05, 3.63) is 0 Å². The van der Waals surface area contributed by atoms with Crippen molar-refractivity contribution in [3.63, 3.8) is 0 Å². The Hall–Kier alpha value is -0.120. The molecule has 0 unspecified atom stereocenters. The quantitative estimate of drug-likeness (QED) is 0.754. The van der Waals surface area contributed by atoms with Crippen LogP contribution < -0.4 is 5.32 Å². The molecule has 4 bridgehead atoms. The van der Waals surface area contributed by atoms with Crippen LogP contribution in [0.5, 0.6) is 0 Å². The molecule has 1 atom stereocenters. The summed E-state index contributed by atoms with van der Waals surface area (Å²) in [5, 5.41) is 13.7. The van der Waals surface area contributed by atoms with E-state index in [0.717, 1.165) is 24.4 Å². The lowest BCUT2D eigenvalue weighted by atomic mass is 9.50. The van der Waals surface area contributed by atoms with Crippen LogP contribution in [-0.2, 0) is 4.74 Å². The molecule has 0 radical (unpaired) electrons. The van der Waals surface area contributed by atoms with Gasteiger partial charge in [-0.3, -0.25) is 0 Å². The molecule has 0 aromatic carbocycles. The summed E-state index contributed by atoms with van der Waals surface area (Å²) >= 11 is 0. The summed E-state index contributed by atoms with van der Waals surface area (Å²) in [5.41, 5.74) is 0.477. The van der Waals surface area contributed by atoms with E-state index in [4.69, 9.17) is 4.74 Å². The molecule has 5 saturated carbocycles. The Morgan fingerprint density at radius 1 is 0.957 bits per heavy atom. The summed E-state index contributed by atoms with van der Waals surface area (Å²) in [4.78, 5) is 0. The van der Waals surface area contributed by atoms with Gasteiger partial charge in [-0.25, -0.2) is 0 Å². The van der Waals surface area contributed by atoms with Gasteiger partial charge >= 0.3 is 0 Å². The van der Waals surface area contributed by atoms with Crippen molar-refractivity contribution in [1.82, 2.24) is 5.32 Å². The molecule has 0 heterocycles. The average molecular weight is 322 g/mol. The molecule has 0 aliphatic heterocycles. The Balaban J connectivity index is 1.17. The predicted octanol–water partition coefficient (Wildman–Crippen LogP) is 3.50. The van der Waals surface area contributed by atoms with Gasteiger partial charge in [-0.15, -0.1) is 0 Å². The van der Waals surface area contributed by atoms with Crippen LogP contribution in [0.15, 0.2) is 0 Å². The Labute approximate surface area is 141 Å². The Bertz CT molecular complexity index is 356. The van der Waals surface area contributed by atoms with Crippen LogP contribution in [0.4, 0.5) is 0 Å². The van der Waals surface area contributed by atoms with Crippen LogP contribution in [-0.4, -0.2) is 37.0 Å². The zero-order chi connectivity index (χ0) is 15.7. The highest BCUT2D eigenvalue weighted by atomic mass is 16.5. The fourth-order valence-corrected chi connectivity index (χ4v) is 6.55. The van der Waals surface area contributed by atoms with Gasteiger partial charge in [-0.05, 0) is 74.5 Å². The van der Waals surface area contributed by atoms with Crippen molar-refractivity contribution in [2.75, 3.05) is 19.8 Å². The number of nitrogens with one attached hydrogen (secondary N) is 1. The second kappa shape index (κ2) is 7.01. The molecule has 132 valence electrons. The topological polar surface area (TPSA) is 41.5 Å². The molecule has 0 saturated heterocycles. The number of ether oxygens (including phenoxy) is 1. The zero-order valence-electron chi connectivity index (χ0n) is 14.6. The maximum absolute atomic E-state index is 10.2. The first kappa shape index (κ1) is 16.4. The number of aliphatic hydroxyl groups excluding tert-OH is 1. The summed E-state index contributed by atoms with van der Waals surface area (Å²) in [6.45, 7) is 2.12. The van der Waals surface area contributed by atoms with Crippen LogP contribution in [0.2, 0.25) is 0 Å². The summed E-state index contributed by atoms with van der Waals surface area (Å²) in [7, 11) is 0. The second-order valence-electron chi connectivity index (χ2n) is 9.33. The molecule has 5 fully saturated rings. The molecule has 0 aromatic rings. The van der Waals surface area contributed by atoms with Crippen LogP contribution in [0, 0.1) is 23.2 Å². The number of aliphatic hydroxyl groups is 1. The van der Waals surface area contributed by atoms with E-state index in [1.165, 1.54) is 70.6 Å². The fraction of sp³-hybridized carbons (Fsp3) is 1.00. The van der Waals surface area contributed by atoms with Gasteiger partial charge in [-0.2, -0.15) is 0 Å². The third kappa shape index (κ3) is 3.93. The molecule has 2 N–H and O–H groups in total. The van der Waals surface area contributed by atoms with E-state index < -0.39 is 0 Å². The summed E-state index contributed by atoms with van der Waals surface area (Å²) < 4.78 is 6.03. The van der Waals surface area contributed by atoms with Gasteiger partial charge in [0.05, 0.1) is 19.3 Å². The minimum atomic E-state index is -0.342. The van der Waals surface area contributed by atoms with Crippen molar-refractivity contribution in [1.29, 1.82) is 0 Å². The number of hydrogen-bond donors (Lipinski definition) is 2. The minimum Gasteiger partial charge on any atom is -0.389 e. The van der Waals surface area contributed by atoms with Crippen LogP contribution in [0.1, 0.15) is 70.6 Å². The molecule has 0 spiro atoms. The highest BCUT2D eigenvalue weighted by Crippen LogP contribution is 2.60. The van der Waals surface area contributed by atoms with Crippen molar-refractivity contribution in [3.8, 4) is 0 Å². The van der Waals surface area contributed by atoms with Gasteiger partial charge in [-0.1, -0.05) is 19.3 Å².